The zero-order chi connectivity index (χ0) is 22.2. The first-order valence-electron chi connectivity index (χ1n) is 9.60. The highest BCUT2D eigenvalue weighted by molar-refractivity contribution is 6.39. The van der Waals surface area contributed by atoms with Crippen LogP contribution in [0.3, 0.4) is 0 Å². The largest absolute Gasteiger partial charge is 0.337 e. The second-order valence-electron chi connectivity index (χ2n) is 8.01. The molecule has 0 atom stereocenters. The highest BCUT2D eigenvalue weighted by atomic mass is 35.5. The first kappa shape index (κ1) is 21.3. The minimum Gasteiger partial charge on any atom is -0.337 e. The number of fused-ring (bicyclic) bond motifs is 3. The van der Waals surface area contributed by atoms with Crippen LogP contribution in [-0.2, 0) is 4.84 Å². The van der Waals surface area contributed by atoms with Gasteiger partial charge in [-0.15, -0.1) is 0 Å². The Kier molecular flexibility index (Phi) is 5.71. The van der Waals surface area contributed by atoms with Crippen LogP contribution in [0, 0.1) is 0 Å². The molecule has 0 radical (unpaired) electrons. The number of halogens is 2. The molecule has 1 aromatic carbocycles. The summed E-state index contributed by atoms with van der Waals surface area (Å²) in [5.74, 6) is 0.626. The molecule has 4 rings (SSSR count). The third kappa shape index (κ3) is 4.56. The molecule has 0 aliphatic heterocycles. The fraction of sp³-hybridized carbons (Fsp3) is 0.174. The van der Waals surface area contributed by atoms with Gasteiger partial charge in [-0.1, -0.05) is 29.8 Å². The lowest BCUT2D eigenvalue weighted by molar-refractivity contribution is -0.0469. The smallest absolute Gasteiger partial charge is 0.139 e. The van der Waals surface area contributed by atoms with E-state index in [-0.39, 0.29) is 5.60 Å². The molecule has 3 heterocycles. The topological polar surface area (TPSA) is 72.0 Å². The fourth-order valence-electron chi connectivity index (χ4n) is 3.04. The molecule has 0 spiro atoms. The van der Waals surface area contributed by atoms with Gasteiger partial charge in [0.1, 0.15) is 5.82 Å². The summed E-state index contributed by atoms with van der Waals surface area (Å²) < 4.78 is 0. The van der Waals surface area contributed by atoms with E-state index in [4.69, 9.17) is 33.0 Å². The SMILES string of the molecule is C=C(NOC(C)(C)C)c1cc(Cl)c(Nc2nc3ccncc3c3cnccc23)c(Cl)c1. The van der Waals surface area contributed by atoms with Gasteiger partial charge < -0.3 is 5.32 Å². The molecule has 2 N–H and O–H groups in total. The Bertz CT molecular complexity index is 1280. The van der Waals surface area contributed by atoms with Crippen LogP contribution in [0.5, 0.6) is 0 Å². The van der Waals surface area contributed by atoms with Crippen molar-refractivity contribution in [1.29, 1.82) is 0 Å². The second-order valence-corrected chi connectivity index (χ2v) is 8.82. The lowest BCUT2D eigenvalue weighted by atomic mass is 10.1. The van der Waals surface area contributed by atoms with Gasteiger partial charge in [-0.25, -0.2) is 4.98 Å². The highest BCUT2D eigenvalue weighted by Gasteiger charge is 2.16. The molecule has 0 aliphatic rings. The average molecular weight is 454 g/mol. The average Bonchev–Trinajstić information content (AvgIpc) is 2.74. The summed E-state index contributed by atoms with van der Waals surface area (Å²) in [6.45, 7) is 9.81. The van der Waals surface area contributed by atoms with Gasteiger partial charge in [0.15, 0.2) is 0 Å². The van der Waals surface area contributed by atoms with Crippen molar-refractivity contribution in [2.45, 2.75) is 26.4 Å². The maximum atomic E-state index is 6.58. The van der Waals surface area contributed by atoms with E-state index in [1.54, 1.807) is 36.9 Å². The van der Waals surface area contributed by atoms with Crippen LogP contribution in [0.4, 0.5) is 11.5 Å². The van der Waals surface area contributed by atoms with Gasteiger partial charge in [0, 0.05) is 46.5 Å². The fourth-order valence-corrected chi connectivity index (χ4v) is 3.62. The van der Waals surface area contributed by atoms with Gasteiger partial charge in [0.25, 0.3) is 0 Å². The summed E-state index contributed by atoms with van der Waals surface area (Å²) in [5.41, 5.74) is 5.09. The summed E-state index contributed by atoms with van der Waals surface area (Å²) in [7, 11) is 0. The molecular formula is C23H21Cl2N5O. The van der Waals surface area contributed by atoms with Crippen LogP contribution in [0.25, 0.3) is 27.4 Å². The van der Waals surface area contributed by atoms with E-state index < -0.39 is 0 Å². The molecule has 0 saturated heterocycles. The third-order valence-electron chi connectivity index (χ3n) is 4.51. The van der Waals surface area contributed by atoms with Crippen LogP contribution in [0.2, 0.25) is 10.0 Å². The number of hydrogen-bond donors (Lipinski definition) is 2. The molecular weight excluding hydrogens is 433 g/mol. The Hall–Kier alpha value is -2.93. The number of hydroxylamine groups is 1. The minimum atomic E-state index is -0.370. The van der Waals surface area contributed by atoms with Crippen molar-refractivity contribution in [3.8, 4) is 0 Å². The van der Waals surface area contributed by atoms with Crippen LogP contribution < -0.4 is 10.8 Å². The molecule has 4 aromatic rings. The normalized spacial score (nSPS) is 11.6. The van der Waals surface area contributed by atoms with E-state index in [2.05, 4.69) is 27.3 Å². The predicted molar refractivity (Wildman–Crippen MR) is 128 cm³/mol. The van der Waals surface area contributed by atoms with Crippen LogP contribution in [-0.4, -0.2) is 20.6 Å². The van der Waals surface area contributed by atoms with E-state index >= 15 is 0 Å². The minimum absolute atomic E-state index is 0.370. The molecule has 0 aliphatic carbocycles. The molecule has 0 fully saturated rings. The van der Waals surface area contributed by atoms with Gasteiger partial charge in [0.05, 0.1) is 32.5 Å². The molecule has 8 heteroatoms. The molecule has 0 amide bonds. The second kappa shape index (κ2) is 8.30. The van der Waals surface area contributed by atoms with Crippen molar-refractivity contribution in [3.05, 3.63) is 71.2 Å². The lowest BCUT2D eigenvalue weighted by Crippen LogP contribution is -2.27. The molecule has 0 saturated carbocycles. The number of aromatic nitrogens is 3. The van der Waals surface area contributed by atoms with Crippen LogP contribution >= 0.6 is 23.2 Å². The molecule has 31 heavy (non-hydrogen) atoms. The number of hydrogen-bond acceptors (Lipinski definition) is 6. The molecule has 6 nitrogen and oxygen atoms in total. The van der Waals surface area contributed by atoms with Gasteiger partial charge >= 0.3 is 0 Å². The predicted octanol–water partition coefficient (Wildman–Crippen LogP) is 6.52. The summed E-state index contributed by atoms with van der Waals surface area (Å²) >= 11 is 13.2. The van der Waals surface area contributed by atoms with Crippen molar-refractivity contribution in [2.24, 2.45) is 0 Å². The Balaban J connectivity index is 1.71. The molecule has 3 aromatic heterocycles. The maximum absolute atomic E-state index is 6.58. The number of pyridine rings is 3. The summed E-state index contributed by atoms with van der Waals surface area (Å²) in [6, 6.07) is 7.28. The Labute approximate surface area is 190 Å². The number of anilines is 2. The monoisotopic (exact) mass is 453 g/mol. The van der Waals surface area contributed by atoms with E-state index in [1.165, 1.54) is 0 Å². The third-order valence-corrected chi connectivity index (χ3v) is 5.11. The zero-order valence-corrected chi connectivity index (χ0v) is 18.8. The van der Waals surface area contributed by atoms with Crippen molar-refractivity contribution < 1.29 is 4.84 Å². The van der Waals surface area contributed by atoms with Crippen molar-refractivity contribution in [3.63, 3.8) is 0 Å². The van der Waals surface area contributed by atoms with E-state index in [1.807, 2.05) is 32.9 Å². The number of benzene rings is 1. The van der Waals surface area contributed by atoms with Crippen molar-refractivity contribution >= 4 is 62.1 Å². The summed E-state index contributed by atoms with van der Waals surface area (Å²) in [5, 5.41) is 6.90. The lowest BCUT2D eigenvalue weighted by Gasteiger charge is -2.21. The van der Waals surface area contributed by atoms with E-state index in [0.717, 1.165) is 27.2 Å². The van der Waals surface area contributed by atoms with Gasteiger partial charge in [-0.3, -0.25) is 20.3 Å². The van der Waals surface area contributed by atoms with E-state index in [0.29, 0.717) is 27.2 Å². The van der Waals surface area contributed by atoms with Crippen molar-refractivity contribution in [2.75, 3.05) is 5.32 Å². The molecule has 0 unspecified atom stereocenters. The van der Waals surface area contributed by atoms with E-state index in [9.17, 15) is 0 Å². The zero-order valence-electron chi connectivity index (χ0n) is 17.3. The van der Waals surface area contributed by atoms with Crippen molar-refractivity contribution in [1.82, 2.24) is 20.4 Å². The summed E-state index contributed by atoms with van der Waals surface area (Å²) in [4.78, 5) is 18.8. The number of nitrogens with one attached hydrogen (secondary N) is 2. The van der Waals surface area contributed by atoms with Gasteiger partial charge in [0.2, 0.25) is 0 Å². The Morgan fingerprint density at radius 3 is 2.29 bits per heavy atom. The van der Waals surface area contributed by atoms with Gasteiger partial charge in [-0.05, 0) is 45.0 Å². The molecule has 0 bridgehead atoms. The van der Waals surface area contributed by atoms with Crippen LogP contribution in [0.15, 0.2) is 55.6 Å². The quantitative estimate of drug-likeness (QED) is 0.264. The Morgan fingerprint density at radius 1 is 0.968 bits per heavy atom. The van der Waals surface area contributed by atoms with Crippen LogP contribution in [0.1, 0.15) is 26.3 Å². The first-order chi connectivity index (χ1) is 14.7. The standard InChI is InChI=1S/C23H21Cl2N5O/c1-13(30-31-23(2,3)4)14-9-18(24)21(19(25)10-14)29-22-15-5-7-26-11-16(15)17-12-27-8-6-20(17)28-22/h5-12,30H,1H2,2-4H3,(H,28,29). The molecule has 158 valence electrons. The number of rotatable bonds is 5. The highest BCUT2D eigenvalue weighted by Crippen LogP contribution is 2.37. The Morgan fingerprint density at radius 2 is 1.61 bits per heavy atom. The summed E-state index contributed by atoms with van der Waals surface area (Å²) in [6.07, 6.45) is 7.00. The maximum Gasteiger partial charge on any atom is 0.139 e. The first-order valence-corrected chi connectivity index (χ1v) is 10.4. The number of nitrogens with zero attached hydrogens (tertiary/aromatic N) is 3. The van der Waals surface area contributed by atoms with Gasteiger partial charge in [-0.2, -0.15) is 0 Å².